The van der Waals surface area contributed by atoms with Crippen LogP contribution in [-0.2, 0) is 6.18 Å². The molecule has 2 fully saturated rings. The van der Waals surface area contributed by atoms with Crippen LogP contribution >= 0.6 is 0 Å². The predicted octanol–water partition coefficient (Wildman–Crippen LogP) is 6.64. The van der Waals surface area contributed by atoms with Crippen LogP contribution in [0.2, 0.25) is 0 Å². The van der Waals surface area contributed by atoms with Crippen molar-refractivity contribution in [1.82, 2.24) is 15.3 Å². The number of nitrogens with zero attached hydrogens (tertiary/aromatic N) is 3. The minimum absolute atomic E-state index is 0.0929. The average Bonchev–Trinajstić information content (AvgIpc) is 3.45. The molecule has 2 aliphatic rings. The lowest BCUT2D eigenvalue weighted by Crippen LogP contribution is -2.36. The number of hydrogen-bond donors (Lipinski definition) is 1. The van der Waals surface area contributed by atoms with Crippen molar-refractivity contribution in [3.8, 4) is 11.6 Å². The highest BCUT2D eigenvalue weighted by Crippen LogP contribution is 2.31. The van der Waals surface area contributed by atoms with Crippen molar-refractivity contribution in [1.29, 1.82) is 0 Å². The molecule has 1 saturated heterocycles. The van der Waals surface area contributed by atoms with E-state index in [9.17, 15) is 18.0 Å². The maximum Gasteiger partial charge on any atom is 0.417 e. The molecule has 1 aliphatic carbocycles. The van der Waals surface area contributed by atoms with Crippen LogP contribution in [0.1, 0.15) is 60.0 Å². The van der Waals surface area contributed by atoms with Crippen LogP contribution in [-0.4, -0.2) is 35.0 Å². The minimum Gasteiger partial charge on any atom is -0.439 e. The maximum atomic E-state index is 12.7. The van der Waals surface area contributed by atoms with Crippen molar-refractivity contribution in [3.63, 3.8) is 0 Å². The number of rotatable bonds is 6. The van der Waals surface area contributed by atoms with Gasteiger partial charge in [0.1, 0.15) is 11.6 Å². The van der Waals surface area contributed by atoms with Gasteiger partial charge in [0.2, 0.25) is 5.88 Å². The number of allylic oxidation sites excluding steroid dienone is 1. The molecule has 3 aromatic rings. The Morgan fingerprint density at radius 1 is 1.00 bits per heavy atom. The van der Waals surface area contributed by atoms with Gasteiger partial charge >= 0.3 is 6.18 Å². The Balaban J connectivity index is 1.13. The molecule has 1 aliphatic heterocycles. The fourth-order valence-corrected chi connectivity index (χ4v) is 4.83. The van der Waals surface area contributed by atoms with Crippen molar-refractivity contribution in [2.45, 2.75) is 50.7 Å². The molecule has 38 heavy (non-hydrogen) atoms. The molecule has 0 atom stereocenters. The lowest BCUT2D eigenvalue weighted by molar-refractivity contribution is -0.137. The van der Waals surface area contributed by atoms with Gasteiger partial charge in [-0.2, -0.15) is 13.2 Å². The Labute approximate surface area is 219 Å². The van der Waals surface area contributed by atoms with Crippen molar-refractivity contribution in [2.75, 3.05) is 18.0 Å². The van der Waals surface area contributed by atoms with E-state index < -0.39 is 11.7 Å². The first-order chi connectivity index (χ1) is 18.3. The van der Waals surface area contributed by atoms with Gasteiger partial charge in [0.25, 0.3) is 5.91 Å². The van der Waals surface area contributed by atoms with Crippen LogP contribution in [0.25, 0.3) is 6.08 Å². The third-order valence-corrected chi connectivity index (χ3v) is 6.92. The zero-order valence-corrected chi connectivity index (χ0v) is 20.9. The Morgan fingerprint density at radius 3 is 2.45 bits per heavy atom. The second-order valence-electron chi connectivity index (χ2n) is 9.71. The van der Waals surface area contributed by atoms with Gasteiger partial charge in [0.15, 0.2) is 0 Å². The summed E-state index contributed by atoms with van der Waals surface area (Å²) in [4.78, 5) is 23.2. The smallest absolute Gasteiger partial charge is 0.417 e. The van der Waals surface area contributed by atoms with E-state index >= 15 is 0 Å². The molecule has 3 heterocycles. The highest BCUT2D eigenvalue weighted by atomic mass is 19.4. The summed E-state index contributed by atoms with van der Waals surface area (Å²) in [5.41, 5.74) is 1.98. The number of benzene rings is 1. The summed E-state index contributed by atoms with van der Waals surface area (Å²) in [6.45, 7) is 2.04. The molecule has 0 radical (unpaired) electrons. The van der Waals surface area contributed by atoms with E-state index in [-0.39, 0.29) is 17.8 Å². The molecule has 0 spiro atoms. The molecular formula is C29H29F3N4O2. The highest BCUT2D eigenvalue weighted by molar-refractivity contribution is 5.94. The summed E-state index contributed by atoms with van der Waals surface area (Å²) in [6.07, 6.45) is 5.88. The molecule has 6 nitrogen and oxygen atoms in total. The van der Waals surface area contributed by atoms with Crippen molar-refractivity contribution in [2.24, 2.45) is 0 Å². The van der Waals surface area contributed by atoms with Gasteiger partial charge < -0.3 is 15.0 Å². The zero-order valence-electron chi connectivity index (χ0n) is 20.9. The van der Waals surface area contributed by atoms with Gasteiger partial charge in [-0.05, 0) is 74.4 Å². The predicted molar refractivity (Wildman–Crippen MR) is 139 cm³/mol. The van der Waals surface area contributed by atoms with E-state index in [2.05, 4.69) is 26.3 Å². The van der Waals surface area contributed by atoms with Crippen LogP contribution < -0.4 is 15.0 Å². The monoisotopic (exact) mass is 522 g/mol. The molecule has 198 valence electrons. The minimum atomic E-state index is -4.44. The highest BCUT2D eigenvalue weighted by Gasteiger charge is 2.30. The molecule has 1 N–H and O–H groups in total. The molecule has 1 amide bonds. The Hall–Kier alpha value is -3.88. The fourth-order valence-electron chi connectivity index (χ4n) is 4.83. The number of nitrogens with one attached hydrogen (secondary N) is 1. The number of amides is 1. The first kappa shape index (κ1) is 25.8. The standard InChI is InChI=1S/C29H29F3N4O2/c30-29(31,32)23-9-13-27(34-19-23)38-25-5-3-4-21(17-25)16-20-6-10-24(11-7-20)35-28(37)22-8-12-26(33-18-22)36-14-1-2-15-36/h3-5,8-9,12-13,16-19,24H,1-2,6-7,10-11,14-15H2,(H,35,37). The fraction of sp³-hybridized carbons (Fsp3) is 0.345. The summed E-state index contributed by atoms with van der Waals surface area (Å²) in [5, 5.41) is 3.14. The number of alkyl halides is 3. The summed E-state index contributed by atoms with van der Waals surface area (Å²) < 4.78 is 43.9. The van der Waals surface area contributed by atoms with E-state index in [1.165, 1.54) is 24.5 Å². The van der Waals surface area contributed by atoms with Crippen LogP contribution in [0.15, 0.2) is 66.5 Å². The summed E-state index contributed by atoms with van der Waals surface area (Å²) in [7, 11) is 0. The quantitative estimate of drug-likeness (QED) is 0.393. The van der Waals surface area contributed by atoms with Gasteiger partial charge in [-0.3, -0.25) is 4.79 Å². The van der Waals surface area contributed by atoms with E-state index in [1.54, 1.807) is 12.3 Å². The van der Waals surface area contributed by atoms with E-state index in [0.29, 0.717) is 11.3 Å². The molecule has 1 saturated carbocycles. The molecule has 0 unspecified atom stereocenters. The zero-order chi connectivity index (χ0) is 26.5. The molecule has 5 rings (SSSR count). The summed E-state index contributed by atoms with van der Waals surface area (Å²) in [6, 6.07) is 13.4. The lowest BCUT2D eigenvalue weighted by atomic mass is 9.89. The van der Waals surface area contributed by atoms with Crippen molar-refractivity contribution < 1.29 is 22.7 Å². The van der Waals surface area contributed by atoms with Crippen LogP contribution in [0, 0.1) is 0 Å². The largest absolute Gasteiger partial charge is 0.439 e. The Bertz CT molecular complexity index is 1270. The lowest BCUT2D eigenvalue weighted by Gasteiger charge is -2.25. The van der Waals surface area contributed by atoms with Crippen molar-refractivity contribution >= 4 is 17.8 Å². The van der Waals surface area contributed by atoms with Gasteiger partial charge in [-0.1, -0.05) is 23.8 Å². The van der Waals surface area contributed by atoms with E-state index in [4.69, 9.17) is 4.74 Å². The molecule has 0 bridgehead atoms. The molecular weight excluding hydrogens is 493 g/mol. The number of carbonyl (C=O) groups excluding carboxylic acids is 1. The third-order valence-electron chi connectivity index (χ3n) is 6.92. The van der Waals surface area contributed by atoms with Crippen LogP contribution in [0.4, 0.5) is 19.0 Å². The average molecular weight is 523 g/mol. The number of ether oxygens (including phenoxy) is 1. The van der Waals surface area contributed by atoms with E-state index in [0.717, 1.165) is 62.4 Å². The van der Waals surface area contributed by atoms with E-state index in [1.807, 2.05) is 30.3 Å². The van der Waals surface area contributed by atoms with Crippen LogP contribution in [0.3, 0.4) is 0 Å². The molecule has 2 aromatic heterocycles. The SMILES string of the molecule is O=C(NC1CCC(=Cc2cccc(Oc3ccc(C(F)(F)F)cn3)c2)CC1)c1ccc(N2CCCC2)nc1. The first-order valence-corrected chi connectivity index (χ1v) is 12.9. The second kappa shape index (κ2) is 11.2. The number of carbonyl (C=O) groups is 1. The normalized spacial score (nSPS) is 17.8. The van der Waals surface area contributed by atoms with Gasteiger partial charge in [0.05, 0.1) is 11.1 Å². The summed E-state index contributed by atoms with van der Waals surface area (Å²) in [5.74, 6) is 1.43. The van der Waals surface area contributed by atoms with Gasteiger partial charge in [-0.15, -0.1) is 0 Å². The van der Waals surface area contributed by atoms with Crippen LogP contribution in [0.5, 0.6) is 11.6 Å². The third kappa shape index (κ3) is 6.51. The Kier molecular flexibility index (Phi) is 7.62. The maximum absolute atomic E-state index is 12.7. The topological polar surface area (TPSA) is 67.3 Å². The number of hydrogen-bond acceptors (Lipinski definition) is 5. The first-order valence-electron chi connectivity index (χ1n) is 12.9. The number of aromatic nitrogens is 2. The Morgan fingerprint density at radius 2 is 1.79 bits per heavy atom. The van der Waals surface area contributed by atoms with Gasteiger partial charge in [-0.25, -0.2) is 9.97 Å². The molecule has 1 aromatic carbocycles. The van der Waals surface area contributed by atoms with Crippen molar-refractivity contribution in [3.05, 3.63) is 83.2 Å². The second-order valence-corrected chi connectivity index (χ2v) is 9.71. The molecule has 9 heteroatoms. The number of anilines is 1. The van der Waals surface area contributed by atoms with Gasteiger partial charge in [0, 0.05) is 37.6 Å². The number of pyridine rings is 2. The number of halogens is 3. The summed E-state index contributed by atoms with van der Waals surface area (Å²) >= 11 is 0.